The monoisotopic (exact) mass is 312 g/mol. The molecule has 1 spiro atoms. The van der Waals surface area contributed by atoms with Gasteiger partial charge in [0.25, 0.3) is 5.91 Å². The van der Waals surface area contributed by atoms with Gasteiger partial charge in [-0.05, 0) is 31.0 Å². The molecule has 3 rings (SSSR count). The fourth-order valence-electron chi connectivity index (χ4n) is 2.53. The van der Waals surface area contributed by atoms with Crippen LogP contribution in [0.5, 0.6) is 0 Å². The molecule has 2 fully saturated rings. The fourth-order valence-corrected chi connectivity index (χ4v) is 3.02. The summed E-state index contributed by atoms with van der Waals surface area (Å²) < 4.78 is 0. The van der Waals surface area contributed by atoms with Crippen molar-refractivity contribution in [3.63, 3.8) is 0 Å². The molecule has 2 aliphatic rings. The number of anilines is 1. The van der Waals surface area contributed by atoms with E-state index in [2.05, 4.69) is 5.32 Å². The van der Waals surface area contributed by atoms with E-state index in [0.717, 1.165) is 11.3 Å². The lowest BCUT2D eigenvalue weighted by atomic mass is 9.66. The van der Waals surface area contributed by atoms with Crippen molar-refractivity contribution < 1.29 is 14.4 Å². The standard InChI is InChI=1S/C13H10Cl2N2O3/c14-7-2-3-9(8(15)6-7)17-11(19)13(4-1-5-13)10(18)16-12(17)20/h2-3,6H,1,4-5H2,(H,16,18,20). The third-order valence-electron chi connectivity index (χ3n) is 3.83. The summed E-state index contributed by atoms with van der Waals surface area (Å²) in [6.07, 6.45) is 1.69. The largest absolute Gasteiger partial charge is 0.335 e. The Morgan fingerprint density at radius 2 is 1.85 bits per heavy atom. The number of carbonyl (C=O) groups is 3. The van der Waals surface area contributed by atoms with Crippen LogP contribution in [0, 0.1) is 5.41 Å². The van der Waals surface area contributed by atoms with Gasteiger partial charge in [-0.25, -0.2) is 9.69 Å². The Balaban J connectivity index is 2.05. The molecule has 1 aliphatic carbocycles. The maximum atomic E-state index is 12.5. The first-order chi connectivity index (χ1) is 9.45. The molecule has 1 aromatic carbocycles. The number of nitrogens with zero attached hydrogens (tertiary/aromatic N) is 1. The molecular formula is C13H10Cl2N2O3. The van der Waals surface area contributed by atoms with E-state index >= 15 is 0 Å². The molecule has 20 heavy (non-hydrogen) atoms. The Labute approximate surface area is 124 Å². The second-order valence-electron chi connectivity index (χ2n) is 4.93. The van der Waals surface area contributed by atoms with Crippen LogP contribution in [0.1, 0.15) is 19.3 Å². The van der Waals surface area contributed by atoms with Crippen molar-refractivity contribution in [2.24, 2.45) is 5.41 Å². The summed E-state index contributed by atoms with van der Waals surface area (Å²) in [5.41, 5.74) is -0.881. The number of imide groups is 2. The Morgan fingerprint density at radius 3 is 2.40 bits per heavy atom. The number of hydrogen-bond donors (Lipinski definition) is 1. The van der Waals surface area contributed by atoms with Crippen molar-refractivity contribution in [3.8, 4) is 0 Å². The summed E-state index contributed by atoms with van der Waals surface area (Å²) in [4.78, 5) is 37.3. The number of benzene rings is 1. The highest BCUT2D eigenvalue weighted by atomic mass is 35.5. The molecule has 1 heterocycles. The van der Waals surface area contributed by atoms with E-state index in [-0.39, 0.29) is 10.7 Å². The number of amides is 4. The van der Waals surface area contributed by atoms with Gasteiger partial charge in [0.1, 0.15) is 5.41 Å². The van der Waals surface area contributed by atoms with Gasteiger partial charge in [-0.15, -0.1) is 0 Å². The molecule has 1 saturated heterocycles. The first kappa shape index (κ1) is 13.4. The third-order valence-corrected chi connectivity index (χ3v) is 4.37. The van der Waals surface area contributed by atoms with Crippen LogP contribution < -0.4 is 10.2 Å². The second-order valence-corrected chi connectivity index (χ2v) is 5.77. The predicted octanol–water partition coefficient (Wildman–Crippen LogP) is 2.75. The minimum atomic E-state index is -1.11. The van der Waals surface area contributed by atoms with Crippen molar-refractivity contribution in [2.45, 2.75) is 19.3 Å². The number of nitrogens with one attached hydrogen (secondary N) is 1. The van der Waals surface area contributed by atoms with Crippen LogP contribution in [0.15, 0.2) is 18.2 Å². The van der Waals surface area contributed by atoms with Crippen LogP contribution in [0.25, 0.3) is 0 Å². The fraction of sp³-hybridized carbons (Fsp3) is 0.308. The van der Waals surface area contributed by atoms with Crippen molar-refractivity contribution in [2.75, 3.05) is 4.90 Å². The second kappa shape index (κ2) is 4.46. The number of halogens is 2. The number of hydrogen-bond acceptors (Lipinski definition) is 3. The average Bonchev–Trinajstić information content (AvgIpc) is 2.29. The lowest BCUT2D eigenvalue weighted by Gasteiger charge is -2.44. The molecule has 0 aromatic heterocycles. The minimum absolute atomic E-state index is 0.185. The van der Waals surface area contributed by atoms with Crippen molar-refractivity contribution in [1.29, 1.82) is 0 Å². The maximum absolute atomic E-state index is 12.5. The molecule has 0 radical (unpaired) electrons. The maximum Gasteiger partial charge on any atom is 0.335 e. The highest BCUT2D eigenvalue weighted by molar-refractivity contribution is 6.39. The topological polar surface area (TPSA) is 66.5 Å². The van der Waals surface area contributed by atoms with Crippen LogP contribution >= 0.6 is 23.2 Å². The zero-order valence-electron chi connectivity index (χ0n) is 10.3. The van der Waals surface area contributed by atoms with E-state index in [9.17, 15) is 14.4 Å². The molecule has 0 atom stereocenters. The third kappa shape index (κ3) is 1.73. The zero-order valence-corrected chi connectivity index (χ0v) is 11.8. The summed E-state index contributed by atoms with van der Waals surface area (Å²) >= 11 is 11.8. The number of urea groups is 1. The molecule has 1 aromatic rings. The van der Waals surface area contributed by atoms with E-state index in [4.69, 9.17) is 23.2 Å². The summed E-state index contributed by atoms with van der Waals surface area (Å²) in [5, 5.41) is 2.81. The Kier molecular flexibility index (Phi) is 2.99. The van der Waals surface area contributed by atoms with Gasteiger partial charge >= 0.3 is 6.03 Å². The van der Waals surface area contributed by atoms with Crippen molar-refractivity contribution in [1.82, 2.24) is 5.32 Å². The van der Waals surface area contributed by atoms with Crippen molar-refractivity contribution >= 4 is 46.7 Å². The lowest BCUT2D eigenvalue weighted by Crippen LogP contribution is -2.66. The van der Waals surface area contributed by atoms with Gasteiger partial charge in [0.2, 0.25) is 5.91 Å². The molecule has 7 heteroatoms. The normalized spacial score (nSPS) is 20.9. The zero-order chi connectivity index (χ0) is 14.5. The summed E-state index contributed by atoms with van der Waals surface area (Å²) in [7, 11) is 0. The molecule has 1 saturated carbocycles. The van der Waals surface area contributed by atoms with Gasteiger partial charge in [0.05, 0.1) is 10.7 Å². The van der Waals surface area contributed by atoms with E-state index in [1.165, 1.54) is 18.2 Å². The Morgan fingerprint density at radius 1 is 1.15 bits per heavy atom. The molecule has 4 amide bonds. The average molecular weight is 313 g/mol. The first-order valence-corrected chi connectivity index (χ1v) is 6.86. The number of carbonyl (C=O) groups excluding carboxylic acids is 3. The molecule has 5 nitrogen and oxygen atoms in total. The predicted molar refractivity (Wildman–Crippen MR) is 73.8 cm³/mol. The molecular weight excluding hydrogens is 303 g/mol. The van der Waals surface area contributed by atoms with Gasteiger partial charge in [0.15, 0.2) is 0 Å². The van der Waals surface area contributed by atoms with Crippen LogP contribution in [0.4, 0.5) is 10.5 Å². The van der Waals surface area contributed by atoms with E-state index in [0.29, 0.717) is 17.9 Å². The highest BCUT2D eigenvalue weighted by Gasteiger charge is 2.57. The number of barbiturate groups is 1. The van der Waals surface area contributed by atoms with Gasteiger partial charge in [-0.2, -0.15) is 0 Å². The van der Waals surface area contributed by atoms with Crippen LogP contribution in [-0.4, -0.2) is 17.8 Å². The van der Waals surface area contributed by atoms with Gasteiger partial charge in [0, 0.05) is 5.02 Å². The molecule has 0 bridgehead atoms. The van der Waals surface area contributed by atoms with Gasteiger partial charge in [-0.3, -0.25) is 14.9 Å². The minimum Gasteiger partial charge on any atom is -0.276 e. The smallest absolute Gasteiger partial charge is 0.276 e. The molecule has 1 N–H and O–H groups in total. The summed E-state index contributed by atoms with van der Waals surface area (Å²) in [5.74, 6) is -1.03. The van der Waals surface area contributed by atoms with Crippen LogP contribution in [0.3, 0.4) is 0 Å². The van der Waals surface area contributed by atoms with Crippen molar-refractivity contribution in [3.05, 3.63) is 28.2 Å². The van der Waals surface area contributed by atoms with E-state index < -0.39 is 23.3 Å². The van der Waals surface area contributed by atoms with Crippen LogP contribution in [0.2, 0.25) is 10.0 Å². The number of rotatable bonds is 1. The van der Waals surface area contributed by atoms with Crippen LogP contribution in [-0.2, 0) is 9.59 Å². The molecule has 0 unspecified atom stereocenters. The van der Waals surface area contributed by atoms with E-state index in [1.807, 2.05) is 0 Å². The SMILES string of the molecule is O=C1NC(=O)C2(CCC2)C(=O)N1c1ccc(Cl)cc1Cl. The molecule has 1 aliphatic heterocycles. The van der Waals surface area contributed by atoms with Gasteiger partial charge in [-0.1, -0.05) is 29.6 Å². The quantitative estimate of drug-likeness (QED) is 0.811. The Bertz CT molecular complexity index is 641. The lowest BCUT2D eigenvalue weighted by molar-refractivity contribution is -0.148. The highest BCUT2D eigenvalue weighted by Crippen LogP contribution is 2.46. The first-order valence-electron chi connectivity index (χ1n) is 6.11. The summed E-state index contributed by atoms with van der Waals surface area (Å²) in [6, 6.07) is 3.70. The molecule has 104 valence electrons. The summed E-state index contributed by atoms with van der Waals surface area (Å²) in [6.45, 7) is 0. The Hall–Kier alpha value is -1.59. The van der Waals surface area contributed by atoms with E-state index in [1.54, 1.807) is 0 Å². The van der Waals surface area contributed by atoms with Gasteiger partial charge < -0.3 is 0 Å².